The number of carboxylic acid groups (broad SMARTS) is 1. The normalized spacial score (nSPS) is 14.6. The number of carbonyl (C=O) groups is 2. The lowest BCUT2D eigenvalue weighted by Gasteiger charge is -2.13. The van der Waals surface area contributed by atoms with E-state index in [1.807, 2.05) is 24.3 Å². The summed E-state index contributed by atoms with van der Waals surface area (Å²) in [6.45, 7) is 2.27. The van der Waals surface area contributed by atoms with Gasteiger partial charge in [0, 0.05) is 11.1 Å². The Morgan fingerprint density at radius 3 is 2.59 bits per heavy atom. The van der Waals surface area contributed by atoms with Gasteiger partial charge in [0.2, 0.25) is 4.96 Å². The minimum Gasteiger partial charge on any atom is -0.494 e. The van der Waals surface area contributed by atoms with Crippen LogP contribution in [0.5, 0.6) is 5.75 Å². The lowest BCUT2D eigenvalue weighted by molar-refractivity contribution is -0.136. The van der Waals surface area contributed by atoms with Gasteiger partial charge in [0.15, 0.2) is 5.82 Å². The molecule has 3 heterocycles. The molecule has 0 bridgehead atoms. The van der Waals surface area contributed by atoms with Crippen LogP contribution >= 0.6 is 11.3 Å². The number of thiazole rings is 1. The Balaban J connectivity index is 1.54. The predicted octanol–water partition coefficient (Wildman–Crippen LogP) is 2.35. The summed E-state index contributed by atoms with van der Waals surface area (Å²) >= 11 is 1.06. The Kier molecular flexibility index (Phi) is 5.58. The monoisotopic (exact) mass is 476 g/mol. The summed E-state index contributed by atoms with van der Waals surface area (Å²) in [6, 6.07) is 14.2. The largest absolute Gasteiger partial charge is 0.494 e. The number of carbonyl (C=O) groups excluding carboxylic acids is 1. The van der Waals surface area contributed by atoms with Crippen LogP contribution in [-0.4, -0.2) is 44.7 Å². The maximum Gasteiger partial charge on any atom is 0.323 e. The number of fused-ring (bicyclic) bond motifs is 2. The SMILES string of the molecule is CCCCOc1ccc(-c2nc3s/c(=C4/C(=O)N(CC(=O)O)c5ccccc54)c(=O)n3n2)cc1. The number of amides is 1. The number of benzene rings is 2. The van der Waals surface area contributed by atoms with Crippen LogP contribution in [0.1, 0.15) is 25.3 Å². The first-order valence-corrected chi connectivity index (χ1v) is 11.6. The van der Waals surface area contributed by atoms with E-state index in [0.29, 0.717) is 28.6 Å². The maximum absolute atomic E-state index is 13.2. The number of unbranched alkanes of at least 4 members (excludes halogenated alkanes) is 1. The van der Waals surface area contributed by atoms with Crippen LogP contribution in [0.2, 0.25) is 0 Å². The van der Waals surface area contributed by atoms with Gasteiger partial charge in [-0.25, -0.2) is 0 Å². The van der Waals surface area contributed by atoms with Crippen molar-refractivity contribution in [2.24, 2.45) is 0 Å². The number of rotatable bonds is 7. The molecule has 2 aromatic heterocycles. The van der Waals surface area contributed by atoms with Crippen molar-refractivity contribution in [3.8, 4) is 17.1 Å². The Hall–Kier alpha value is -4.05. The first-order chi connectivity index (χ1) is 16.5. The number of aromatic nitrogens is 3. The van der Waals surface area contributed by atoms with Gasteiger partial charge in [0.25, 0.3) is 11.5 Å². The van der Waals surface area contributed by atoms with Gasteiger partial charge in [0.1, 0.15) is 16.8 Å². The molecular formula is C24H20N4O5S. The molecule has 4 aromatic rings. The second-order valence-electron chi connectivity index (χ2n) is 7.77. The van der Waals surface area contributed by atoms with E-state index in [1.54, 1.807) is 24.3 Å². The first kappa shape index (κ1) is 21.8. The van der Waals surface area contributed by atoms with Gasteiger partial charge < -0.3 is 9.84 Å². The summed E-state index contributed by atoms with van der Waals surface area (Å²) in [5.41, 5.74) is 1.43. The standard InChI is InChI=1S/C24H20N4O5S/c1-2-3-12-33-15-10-8-14(9-11-15)21-25-24-28(26-21)23(32)20(34-24)19-16-6-4-5-7-17(16)27(22(19)31)13-18(29)30/h4-11H,2-3,12-13H2,1H3,(H,29,30)/b20-19+. The molecular weight excluding hydrogens is 456 g/mol. The van der Waals surface area contributed by atoms with Crippen molar-refractivity contribution in [2.45, 2.75) is 19.8 Å². The van der Waals surface area contributed by atoms with Crippen LogP contribution in [0, 0.1) is 0 Å². The second-order valence-corrected chi connectivity index (χ2v) is 8.75. The highest BCUT2D eigenvalue weighted by molar-refractivity contribution is 7.15. The molecule has 0 unspecified atom stereocenters. The summed E-state index contributed by atoms with van der Waals surface area (Å²) in [4.78, 5) is 43.6. The van der Waals surface area contributed by atoms with E-state index < -0.39 is 24.0 Å². The van der Waals surface area contributed by atoms with Crippen LogP contribution in [0.25, 0.3) is 21.9 Å². The molecule has 9 nitrogen and oxygen atoms in total. The van der Waals surface area contributed by atoms with Crippen LogP contribution in [0.4, 0.5) is 5.69 Å². The van der Waals surface area contributed by atoms with E-state index in [-0.39, 0.29) is 10.1 Å². The van der Waals surface area contributed by atoms with E-state index in [4.69, 9.17) is 4.74 Å². The number of nitrogens with zero attached hydrogens (tertiary/aromatic N) is 4. The lowest BCUT2D eigenvalue weighted by Crippen LogP contribution is -2.35. The number of carboxylic acids is 1. The van der Waals surface area contributed by atoms with Gasteiger partial charge in [-0.05, 0) is 36.8 Å². The van der Waals surface area contributed by atoms with Crippen LogP contribution in [0.3, 0.4) is 0 Å². The molecule has 0 radical (unpaired) electrons. The highest BCUT2D eigenvalue weighted by Gasteiger charge is 2.35. The van der Waals surface area contributed by atoms with Gasteiger partial charge in [-0.2, -0.15) is 9.50 Å². The topological polar surface area (TPSA) is 114 Å². The third kappa shape index (κ3) is 3.71. The third-order valence-electron chi connectivity index (χ3n) is 5.48. The summed E-state index contributed by atoms with van der Waals surface area (Å²) < 4.78 is 7.05. The molecule has 0 atom stereocenters. The van der Waals surface area contributed by atoms with E-state index in [1.165, 1.54) is 4.52 Å². The molecule has 0 aliphatic carbocycles. The zero-order valence-electron chi connectivity index (χ0n) is 18.2. The first-order valence-electron chi connectivity index (χ1n) is 10.8. The number of hydrogen-bond donors (Lipinski definition) is 1. The highest BCUT2D eigenvalue weighted by atomic mass is 32.1. The fourth-order valence-electron chi connectivity index (χ4n) is 3.83. The Morgan fingerprint density at radius 2 is 1.88 bits per heavy atom. The second kappa shape index (κ2) is 8.71. The molecule has 2 aromatic carbocycles. The Labute approximate surface area is 197 Å². The number of anilines is 1. The third-order valence-corrected chi connectivity index (χ3v) is 6.51. The molecule has 0 fully saturated rings. The van der Waals surface area contributed by atoms with Gasteiger partial charge in [-0.15, -0.1) is 5.10 Å². The van der Waals surface area contributed by atoms with Crippen molar-refractivity contribution >= 4 is 39.4 Å². The van der Waals surface area contributed by atoms with Gasteiger partial charge in [0.05, 0.1) is 17.9 Å². The average Bonchev–Trinajstić information content (AvgIpc) is 3.46. The minimum absolute atomic E-state index is 0.175. The molecule has 0 saturated heterocycles. The fourth-order valence-corrected chi connectivity index (χ4v) is 4.83. The van der Waals surface area contributed by atoms with Crippen molar-refractivity contribution in [2.75, 3.05) is 18.1 Å². The molecule has 5 rings (SSSR count). The quantitative estimate of drug-likeness (QED) is 0.407. The average molecular weight is 477 g/mol. The van der Waals surface area contributed by atoms with Gasteiger partial charge in [-0.1, -0.05) is 42.9 Å². The van der Waals surface area contributed by atoms with Crippen LogP contribution in [0.15, 0.2) is 53.3 Å². The van der Waals surface area contributed by atoms with E-state index in [0.717, 1.165) is 40.4 Å². The minimum atomic E-state index is -1.14. The summed E-state index contributed by atoms with van der Waals surface area (Å²) in [5, 5.41) is 13.6. The van der Waals surface area contributed by atoms with Crippen molar-refractivity contribution in [1.29, 1.82) is 0 Å². The summed E-state index contributed by atoms with van der Waals surface area (Å²) in [7, 11) is 0. The van der Waals surface area contributed by atoms with Crippen molar-refractivity contribution in [3.63, 3.8) is 0 Å². The van der Waals surface area contributed by atoms with Crippen molar-refractivity contribution < 1.29 is 19.4 Å². The summed E-state index contributed by atoms with van der Waals surface area (Å²) in [6.07, 6.45) is 2.04. The zero-order chi connectivity index (χ0) is 23.8. The van der Waals surface area contributed by atoms with Crippen LogP contribution < -0.4 is 19.7 Å². The van der Waals surface area contributed by atoms with Gasteiger partial charge in [-0.3, -0.25) is 19.3 Å². The lowest BCUT2D eigenvalue weighted by atomic mass is 10.1. The van der Waals surface area contributed by atoms with E-state index in [2.05, 4.69) is 17.0 Å². The molecule has 1 N–H and O–H groups in total. The smallest absolute Gasteiger partial charge is 0.323 e. The van der Waals surface area contributed by atoms with E-state index >= 15 is 0 Å². The fraction of sp³-hybridized carbons (Fsp3) is 0.208. The molecule has 0 saturated carbocycles. The molecule has 1 aliphatic rings. The maximum atomic E-state index is 13.2. The molecule has 1 aliphatic heterocycles. The Morgan fingerprint density at radius 1 is 1.12 bits per heavy atom. The molecule has 10 heteroatoms. The molecule has 172 valence electrons. The van der Waals surface area contributed by atoms with Gasteiger partial charge >= 0.3 is 5.97 Å². The highest BCUT2D eigenvalue weighted by Crippen LogP contribution is 2.35. The number of aliphatic carboxylic acids is 1. The van der Waals surface area contributed by atoms with Crippen LogP contribution in [-0.2, 0) is 9.59 Å². The Bertz CT molecular complexity index is 1520. The van der Waals surface area contributed by atoms with Crippen molar-refractivity contribution in [1.82, 2.24) is 14.6 Å². The molecule has 0 spiro atoms. The number of hydrogen-bond acceptors (Lipinski definition) is 7. The number of ether oxygens (including phenoxy) is 1. The zero-order valence-corrected chi connectivity index (χ0v) is 19.0. The van der Waals surface area contributed by atoms with Crippen molar-refractivity contribution in [3.05, 3.63) is 69.0 Å². The van der Waals surface area contributed by atoms with E-state index in [9.17, 15) is 19.5 Å². The predicted molar refractivity (Wildman–Crippen MR) is 127 cm³/mol. The number of para-hydroxylation sites is 1. The molecule has 1 amide bonds. The molecule has 34 heavy (non-hydrogen) atoms. The summed E-state index contributed by atoms with van der Waals surface area (Å²) in [5.74, 6) is -0.513.